The van der Waals surface area contributed by atoms with Gasteiger partial charge in [0, 0.05) is 120 Å². The fourth-order valence-corrected chi connectivity index (χ4v) is 17.9. The Morgan fingerprint density at radius 2 is 1.08 bits per heavy atom. The topological polar surface area (TPSA) is 250 Å². The summed E-state index contributed by atoms with van der Waals surface area (Å²) >= 11 is 1.70. The number of ketones is 1. The maximum absolute atomic E-state index is 13.6. The van der Waals surface area contributed by atoms with Crippen LogP contribution in [0.5, 0.6) is 17.2 Å². The Balaban J connectivity index is 0.000000150. The second-order valence-corrected chi connectivity index (χ2v) is 35.5. The molecule has 0 radical (unpaired) electrons. The van der Waals surface area contributed by atoms with Gasteiger partial charge in [-0.1, -0.05) is 178 Å². The Morgan fingerprint density at radius 1 is 0.538 bits per heavy atom. The Bertz CT molecular complexity index is 6830. The molecule has 132 heavy (non-hydrogen) atoms. The summed E-state index contributed by atoms with van der Waals surface area (Å²) in [5.74, 6) is -3.58. The lowest BCUT2D eigenvalue weighted by molar-refractivity contribution is -0.137. The fraction of sp³-hybridized carbons (Fsp3) is 0.219. The minimum atomic E-state index is -4.42. The quantitative estimate of drug-likeness (QED) is 0.00400. The molecule has 18 nitrogen and oxygen atoms in total. The predicted molar refractivity (Wildman–Crippen MR) is 509 cm³/mol. The number of aliphatic hydroxyl groups excluding tert-OH is 1. The van der Waals surface area contributed by atoms with Gasteiger partial charge in [-0.25, -0.2) is 17.6 Å². The average molecular weight is 1830 g/mol. The van der Waals surface area contributed by atoms with Gasteiger partial charge in [-0.15, -0.1) is 11.3 Å². The number of carbonyl (C=O) groups is 2. The van der Waals surface area contributed by atoms with Gasteiger partial charge in [0.1, 0.15) is 11.5 Å². The highest BCUT2D eigenvalue weighted by atomic mass is 32.1. The molecule has 0 saturated carbocycles. The van der Waals surface area contributed by atoms with Crippen molar-refractivity contribution in [3.63, 3.8) is 0 Å². The van der Waals surface area contributed by atoms with Gasteiger partial charge in [-0.05, 0) is 224 Å². The van der Waals surface area contributed by atoms with Crippen molar-refractivity contribution in [3.8, 4) is 28.6 Å². The molecule has 0 fully saturated rings. The summed E-state index contributed by atoms with van der Waals surface area (Å²) in [7, 11) is -3.97. The Morgan fingerprint density at radius 3 is 1.69 bits per heavy atom. The minimum absolute atomic E-state index is 0.0581. The van der Waals surface area contributed by atoms with Crippen molar-refractivity contribution in [2.75, 3.05) is 18.0 Å². The molecule has 0 bridgehead atoms. The van der Waals surface area contributed by atoms with E-state index >= 15 is 0 Å². The van der Waals surface area contributed by atoms with Gasteiger partial charge in [0.2, 0.25) is 5.91 Å². The summed E-state index contributed by atoms with van der Waals surface area (Å²) in [6.07, 6.45) is -1.76. The van der Waals surface area contributed by atoms with Gasteiger partial charge in [-0.2, -0.15) is 13.2 Å². The van der Waals surface area contributed by atoms with E-state index in [0.29, 0.717) is 84.5 Å². The number of carbonyl (C=O) groups excluding carboxylic acids is 2. The molecule has 27 heteroatoms. The maximum Gasteiger partial charge on any atom is 0.416 e. The second-order valence-electron chi connectivity index (χ2n) is 32.7. The van der Waals surface area contributed by atoms with Crippen LogP contribution in [0.3, 0.4) is 0 Å². The van der Waals surface area contributed by atoms with E-state index in [1.54, 1.807) is 41.7 Å². The molecule has 0 atom stereocenters. The molecule has 1 amide bonds. The monoisotopic (exact) mass is 1830 g/mol. The van der Waals surface area contributed by atoms with Crippen molar-refractivity contribution in [1.82, 2.24) is 23.6 Å². The van der Waals surface area contributed by atoms with Gasteiger partial charge in [0.15, 0.2) is 34.8 Å². The summed E-state index contributed by atoms with van der Waals surface area (Å²) < 4.78 is 112. The lowest BCUT2D eigenvalue weighted by Gasteiger charge is -2.15. The average Bonchev–Trinajstić information content (AvgIpc) is 1.63. The number of aromatic nitrogens is 4. The maximum atomic E-state index is 13.6. The van der Waals surface area contributed by atoms with Crippen molar-refractivity contribution < 1.29 is 80.0 Å². The number of fused-ring (bicyclic) bond motifs is 4. The van der Waals surface area contributed by atoms with Crippen LogP contribution in [0, 0.1) is 30.2 Å². The lowest BCUT2D eigenvalue weighted by Crippen LogP contribution is -2.16. The highest BCUT2D eigenvalue weighted by Gasteiger charge is 2.32. The number of phenols is 2. The van der Waals surface area contributed by atoms with E-state index in [4.69, 9.17) is 14.6 Å². The van der Waals surface area contributed by atoms with Gasteiger partial charge in [-0.3, -0.25) is 14.2 Å². The summed E-state index contributed by atoms with van der Waals surface area (Å²) in [5.41, 5.74) is 18.3. The van der Waals surface area contributed by atoms with Crippen molar-refractivity contribution in [1.29, 1.82) is 0 Å². The number of phenolic OH excluding ortho intramolecular Hbond substituents is 2. The number of rotatable bonds is 30. The predicted octanol–water partition coefficient (Wildman–Crippen LogP) is 24.6. The van der Waals surface area contributed by atoms with E-state index in [1.807, 2.05) is 160 Å². The van der Waals surface area contributed by atoms with E-state index in [9.17, 15) is 65.4 Å². The Kier molecular flexibility index (Phi) is 31.7. The lowest BCUT2D eigenvalue weighted by atomic mass is 9.96. The molecule has 16 aromatic rings. The van der Waals surface area contributed by atoms with Gasteiger partial charge in [0.25, 0.3) is 0 Å². The van der Waals surface area contributed by atoms with E-state index in [-0.39, 0.29) is 66.4 Å². The second kappa shape index (κ2) is 43.5. The Labute approximate surface area is 764 Å². The number of amides is 1. The largest absolute Gasteiger partial charge is 0.508 e. The molecule has 0 spiro atoms. The first-order valence-electron chi connectivity index (χ1n) is 43.3. The smallest absolute Gasteiger partial charge is 0.416 e. The molecular formula is C105H102F7N8O10PS. The van der Waals surface area contributed by atoms with Crippen molar-refractivity contribution in [2.24, 2.45) is 10.3 Å². The van der Waals surface area contributed by atoms with E-state index < -0.39 is 42.6 Å². The molecular weight excluding hydrogens is 1730 g/mol. The number of Topliss-reactive ketones (excluding diaryl/α,β-unsaturated/α-hetero) is 1. The van der Waals surface area contributed by atoms with E-state index in [0.717, 1.165) is 150 Å². The summed E-state index contributed by atoms with van der Waals surface area (Å²) in [6, 6.07) is 77.9. The number of benzene rings is 11. The number of aromatic hydroxyl groups is 2. The first-order chi connectivity index (χ1) is 63.4. The highest BCUT2D eigenvalue weighted by Crippen LogP contribution is 2.42. The van der Waals surface area contributed by atoms with Gasteiger partial charge in [0.05, 0.1) is 59.4 Å². The van der Waals surface area contributed by atoms with E-state index in [2.05, 4.69) is 109 Å². The zero-order valence-electron chi connectivity index (χ0n) is 73.8. The molecule has 0 unspecified atom stereocenters. The van der Waals surface area contributed by atoms with Crippen LogP contribution in [-0.2, 0) is 67.5 Å². The van der Waals surface area contributed by atoms with Gasteiger partial charge >= 0.3 is 13.8 Å². The molecule has 0 aliphatic carbocycles. The first-order valence-corrected chi connectivity index (χ1v) is 46.0. The van der Waals surface area contributed by atoms with Crippen molar-refractivity contribution in [2.45, 2.75) is 138 Å². The number of anilines is 1. The number of nitrogens with one attached hydrogen (secondary N) is 2. The van der Waals surface area contributed by atoms with Gasteiger partial charge < -0.3 is 64.1 Å². The summed E-state index contributed by atoms with van der Waals surface area (Å²) in [6.45, 7) is 16.5. The van der Waals surface area contributed by atoms with Crippen LogP contribution in [0.15, 0.2) is 283 Å². The number of hydrogen-bond acceptors (Lipinski definition) is 12. The molecule has 11 aromatic carbocycles. The number of oxime groups is 2. The third-order valence-corrected chi connectivity index (χ3v) is 24.4. The molecule has 0 saturated heterocycles. The normalized spacial score (nSPS) is 11.9. The number of halogens is 7. The molecule has 5 aromatic heterocycles. The number of para-hydroxylation sites is 2. The first kappa shape index (κ1) is 96.1. The number of aliphatic hydroxyl groups is 1. The molecule has 16 rings (SSSR count). The number of aryl methyl sites for hydroxylation is 2. The van der Waals surface area contributed by atoms with Crippen LogP contribution in [0.4, 0.5) is 36.4 Å². The van der Waals surface area contributed by atoms with Crippen LogP contribution in [0.2, 0.25) is 0 Å². The van der Waals surface area contributed by atoms with Crippen LogP contribution >= 0.6 is 18.9 Å². The van der Waals surface area contributed by atoms with Crippen molar-refractivity contribution in [3.05, 3.63) is 379 Å². The van der Waals surface area contributed by atoms with Crippen LogP contribution in [0.1, 0.15) is 161 Å². The van der Waals surface area contributed by atoms with Crippen LogP contribution in [0.25, 0.3) is 55.0 Å². The minimum Gasteiger partial charge on any atom is -0.508 e. The van der Waals surface area contributed by atoms with Crippen LogP contribution < -0.4 is 15.5 Å². The number of hydrogen-bond donors (Lipinski definition) is 8. The van der Waals surface area contributed by atoms with Crippen molar-refractivity contribution >= 4 is 91.3 Å². The summed E-state index contributed by atoms with van der Waals surface area (Å²) in [5, 5.41) is 59.6. The SMILES string of the molecule is C/C(=N\Oc1ccc(F)c(F)c1)c1c(C(C)C)n(Cc2cccs2)c2ccc(CO)cc12.CC(C)c1c(C(=O)CCc2ccc(F)c(F)c2)c2cc(O)ccc2n1Cc1ccccc1.CCc1c(NC(=O)Cc2ccc(C(F)(F)F)cc2)c2ccc(O)cc2n1-c1ccccc1.Cc1c(/C(CCc2ccccc2)=N/O)c2cc(CNCCCP(=O)(O)O)ccc2n1-c1ccccc1. The van der Waals surface area contributed by atoms with Crippen LogP contribution in [-0.4, -0.2) is 84.4 Å². The molecule has 8 N–H and O–H groups in total. The Hall–Kier alpha value is -13.5. The number of alkyl halides is 3. The van der Waals surface area contributed by atoms with E-state index in [1.165, 1.54) is 34.7 Å². The third kappa shape index (κ3) is 23.5. The zero-order valence-corrected chi connectivity index (χ0v) is 75.5. The fourth-order valence-electron chi connectivity index (χ4n) is 16.7. The molecule has 682 valence electrons. The molecule has 0 aliphatic heterocycles. The molecule has 5 heterocycles. The molecule has 0 aliphatic rings. The third-order valence-electron chi connectivity index (χ3n) is 22.7. The highest BCUT2D eigenvalue weighted by molar-refractivity contribution is 7.51. The zero-order chi connectivity index (χ0) is 94.1. The number of nitrogens with zero attached hydrogens (tertiary/aromatic N) is 6. The standard InChI is InChI=1S/C28H32N3O4P.C27H25F2NO2.C25H21F3N2O2.C25H24F2N2O2S/c1-21-28(26(30-32)15-13-22-9-4-2-5-10-22)25-19-23(20-29-17-8-18-36(33,34)35)14-16-27(25)31(21)24-11-6-3-7-12-24;1-17(2)27-26(25(32)13-9-18-8-11-22(28)23(29)14-18)21-15-20(31)10-12-24(21)30(27)16-19-6-4-3-5-7-19;1-2-21-24(29-23(32)14-16-8-10-17(11-9-16)25(26,27)28)20-13-12-19(31)15-22(20)30(21)18-6-4-3-5-7-18;1-15(2)25-24(16(3)28-31-18-7-8-21(26)22(27)12-18)20-11-17(14-30)6-9-23(20)29(25)13-19-5-4-10-32-19/h2-7,9-12,14,16,19,29,32H,8,13,15,17-18,20H2,1H3,(H2,33,34,35);3-8,10-12,14-15,17,31H,9,13,16H2,1-2H3;3-13,15,31H,2,14H2,1H3,(H,29,32);4-12,15,30H,13-14H2,1-3H3/b30-26+;;;28-16+. The number of thiophene rings is 1. The summed E-state index contributed by atoms with van der Waals surface area (Å²) in [4.78, 5) is 51.0.